The third-order valence-corrected chi connectivity index (χ3v) is 4.85. The van der Waals surface area contributed by atoms with Crippen LogP contribution in [-0.4, -0.2) is 50.3 Å². The summed E-state index contributed by atoms with van der Waals surface area (Å²) in [5, 5.41) is 0. The number of ether oxygens (including phenoxy) is 2. The Bertz CT molecular complexity index is 743. The van der Waals surface area contributed by atoms with Gasteiger partial charge in [-0.05, 0) is 31.0 Å². The van der Waals surface area contributed by atoms with Crippen molar-refractivity contribution in [3.8, 4) is 0 Å². The van der Waals surface area contributed by atoms with Gasteiger partial charge in [-0.25, -0.2) is 0 Å². The third kappa shape index (κ3) is 5.60. The zero-order chi connectivity index (χ0) is 18.9. The molecule has 3 rings (SSSR count). The van der Waals surface area contributed by atoms with E-state index in [-0.39, 0.29) is 5.78 Å². The second-order valence-corrected chi connectivity index (χ2v) is 6.82. The Labute approximate surface area is 161 Å². The minimum Gasteiger partial charge on any atom is -0.359 e. The first-order valence-corrected chi connectivity index (χ1v) is 9.44. The van der Waals surface area contributed by atoms with E-state index in [1.807, 2.05) is 66.7 Å². The van der Waals surface area contributed by atoms with Crippen LogP contribution in [-0.2, 0) is 9.47 Å². The van der Waals surface area contributed by atoms with Crippen LogP contribution in [0.5, 0.6) is 0 Å². The van der Waals surface area contributed by atoms with Crippen LogP contribution >= 0.6 is 0 Å². The van der Waals surface area contributed by atoms with Gasteiger partial charge < -0.3 is 9.47 Å². The molecular formula is C23H27NO3. The summed E-state index contributed by atoms with van der Waals surface area (Å²) in [4.78, 5) is 15.5. The molecule has 0 bridgehead atoms. The fraction of sp³-hybridized carbons (Fsp3) is 0.348. The number of carbonyl (C=O) groups excluding carboxylic acids is 1. The Morgan fingerprint density at radius 2 is 1.81 bits per heavy atom. The van der Waals surface area contributed by atoms with Gasteiger partial charge in [0.15, 0.2) is 5.78 Å². The smallest absolute Gasteiger partial charge is 0.190 e. The normalized spacial score (nSPS) is 18.0. The molecule has 2 aromatic rings. The molecular weight excluding hydrogens is 338 g/mol. The van der Waals surface area contributed by atoms with Gasteiger partial charge in [-0.2, -0.15) is 0 Å². The number of benzene rings is 2. The molecule has 0 aromatic heterocycles. The van der Waals surface area contributed by atoms with Gasteiger partial charge in [0.05, 0.1) is 6.61 Å². The van der Waals surface area contributed by atoms with Crippen LogP contribution in [0.1, 0.15) is 28.8 Å². The highest BCUT2D eigenvalue weighted by atomic mass is 16.7. The molecule has 0 saturated carbocycles. The van der Waals surface area contributed by atoms with Gasteiger partial charge in [0.1, 0.15) is 6.79 Å². The number of likely N-dealkylation sites (tertiary alicyclic amines) is 1. The minimum atomic E-state index is 0.0860. The molecule has 1 fully saturated rings. The SMILES string of the molecule is COCOC[C@@H]1CCCN1C/C(=C\c1ccccc1)C(=O)c1ccccc1. The lowest BCUT2D eigenvalue weighted by atomic mass is 10.00. The summed E-state index contributed by atoms with van der Waals surface area (Å²) in [7, 11) is 1.63. The van der Waals surface area contributed by atoms with Crippen molar-refractivity contribution in [2.45, 2.75) is 18.9 Å². The summed E-state index contributed by atoms with van der Waals surface area (Å²) in [5.41, 5.74) is 2.58. The monoisotopic (exact) mass is 365 g/mol. The molecule has 4 heteroatoms. The Kier molecular flexibility index (Phi) is 7.34. The average molecular weight is 365 g/mol. The van der Waals surface area contributed by atoms with Crippen molar-refractivity contribution in [1.82, 2.24) is 4.90 Å². The first-order chi connectivity index (χ1) is 13.3. The van der Waals surface area contributed by atoms with Crippen LogP contribution in [0.2, 0.25) is 0 Å². The number of hydrogen-bond acceptors (Lipinski definition) is 4. The molecule has 0 spiro atoms. The molecule has 1 aliphatic heterocycles. The highest BCUT2D eigenvalue weighted by molar-refractivity contribution is 6.11. The summed E-state index contributed by atoms with van der Waals surface area (Å²) in [6.45, 7) is 2.55. The van der Waals surface area contributed by atoms with Crippen molar-refractivity contribution >= 4 is 11.9 Å². The number of rotatable bonds is 9. The topological polar surface area (TPSA) is 38.8 Å². The van der Waals surface area contributed by atoms with Gasteiger partial charge in [0.25, 0.3) is 0 Å². The van der Waals surface area contributed by atoms with Crippen molar-refractivity contribution in [3.05, 3.63) is 77.4 Å². The number of Topliss-reactive ketones (excluding diaryl/α,β-unsaturated/α-hetero) is 1. The molecule has 1 atom stereocenters. The number of carbonyl (C=O) groups is 1. The van der Waals surface area contributed by atoms with E-state index >= 15 is 0 Å². The molecule has 1 heterocycles. The second kappa shape index (κ2) is 10.2. The van der Waals surface area contributed by atoms with Crippen LogP contribution in [0.4, 0.5) is 0 Å². The Morgan fingerprint density at radius 1 is 1.11 bits per heavy atom. The first kappa shape index (κ1) is 19.5. The van der Waals surface area contributed by atoms with Crippen molar-refractivity contribution < 1.29 is 14.3 Å². The molecule has 142 valence electrons. The molecule has 1 saturated heterocycles. The van der Waals surface area contributed by atoms with E-state index in [1.165, 1.54) is 0 Å². The van der Waals surface area contributed by atoms with E-state index in [9.17, 15) is 4.79 Å². The fourth-order valence-corrected chi connectivity index (χ4v) is 3.49. The number of ketones is 1. The lowest BCUT2D eigenvalue weighted by molar-refractivity contribution is -0.0462. The number of nitrogens with zero attached hydrogens (tertiary/aromatic N) is 1. The quantitative estimate of drug-likeness (QED) is 0.291. The molecule has 0 radical (unpaired) electrons. The first-order valence-electron chi connectivity index (χ1n) is 9.44. The van der Waals surface area contributed by atoms with Crippen LogP contribution in [0, 0.1) is 0 Å². The summed E-state index contributed by atoms with van der Waals surface area (Å²) >= 11 is 0. The van der Waals surface area contributed by atoms with Crippen LogP contribution < -0.4 is 0 Å². The van der Waals surface area contributed by atoms with Gasteiger partial charge in [0, 0.05) is 30.8 Å². The fourth-order valence-electron chi connectivity index (χ4n) is 3.49. The van der Waals surface area contributed by atoms with Crippen LogP contribution in [0.25, 0.3) is 6.08 Å². The summed E-state index contributed by atoms with van der Waals surface area (Å²) in [6.07, 6.45) is 4.22. The summed E-state index contributed by atoms with van der Waals surface area (Å²) in [5.74, 6) is 0.0860. The zero-order valence-corrected chi connectivity index (χ0v) is 15.8. The van der Waals surface area contributed by atoms with E-state index in [0.29, 0.717) is 26.0 Å². The predicted molar refractivity (Wildman–Crippen MR) is 108 cm³/mol. The van der Waals surface area contributed by atoms with Gasteiger partial charge >= 0.3 is 0 Å². The van der Waals surface area contributed by atoms with Gasteiger partial charge in [-0.1, -0.05) is 60.7 Å². The Balaban J connectivity index is 1.80. The zero-order valence-electron chi connectivity index (χ0n) is 15.8. The Hall–Kier alpha value is -2.27. The Morgan fingerprint density at radius 3 is 2.52 bits per heavy atom. The molecule has 4 nitrogen and oxygen atoms in total. The summed E-state index contributed by atoms with van der Waals surface area (Å²) < 4.78 is 10.6. The minimum absolute atomic E-state index is 0.0860. The number of hydrogen-bond donors (Lipinski definition) is 0. The standard InChI is InChI=1S/C23H27NO3/c1-26-18-27-17-22-13-8-14-24(22)16-21(15-19-9-4-2-5-10-19)23(25)20-11-6-3-7-12-20/h2-7,9-12,15,22H,8,13-14,16-18H2,1H3/b21-15+/t22-/m0/s1. The predicted octanol–water partition coefficient (Wildman–Crippen LogP) is 4.04. The van der Waals surface area contributed by atoms with Gasteiger partial charge in [-0.3, -0.25) is 9.69 Å². The lowest BCUT2D eigenvalue weighted by Gasteiger charge is -2.25. The van der Waals surface area contributed by atoms with E-state index in [4.69, 9.17) is 9.47 Å². The van der Waals surface area contributed by atoms with Crippen molar-refractivity contribution in [3.63, 3.8) is 0 Å². The average Bonchev–Trinajstić information content (AvgIpc) is 3.15. The van der Waals surface area contributed by atoms with Crippen molar-refractivity contribution in [2.24, 2.45) is 0 Å². The van der Waals surface area contributed by atoms with E-state index in [1.54, 1.807) is 7.11 Å². The number of methoxy groups -OCH3 is 1. The van der Waals surface area contributed by atoms with Crippen LogP contribution in [0.3, 0.4) is 0 Å². The largest absolute Gasteiger partial charge is 0.359 e. The lowest BCUT2D eigenvalue weighted by Crippen LogP contribution is -2.36. The molecule has 0 aliphatic carbocycles. The molecule has 0 amide bonds. The maximum Gasteiger partial charge on any atom is 0.190 e. The van der Waals surface area contributed by atoms with Gasteiger partial charge in [-0.15, -0.1) is 0 Å². The molecule has 27 heavy (non-hydrogen) atoms. The molecule has 2 aromatic carbocycles. The maximum absolute atomic E-state index is 13.2. The summed E-state index contributed by atoms with van der Waals surface area (Å²) in [6, 6.07) is 19.9. The molecule has 1 aliphatic rings. The third-order valence-electron chi connectivity index (χ3n) is 4.85. The van der Waals surface area contributed by atoms with E-state index < -0.39 is 0 Å². The molecule has 0 N–H and O–H groups in total. The van der Waals surface area contributed by atoms with E-state index in [2.05, 4.69) is 4.90 Å². The highest BCUT2D eigenvalue weighted by Gasteiger charge is 2.27. The van der Waals surface area contributed by atoms with Gasteiger partial charge in [0.2, 0.25) is 0 Å². The second-order valence-electron chi connectivity index (χ2n) is 6.82. The van der Waals surface area contributed by atoms with E-state index in [0.717, 1.165) is 36.1 Å². The highest BCUT2D eigenvalue weighted by Crippen LogP contribution is 2.22. The van der Waals surface area contributed by atoms with Crippen molar-refractivity contribution in [2.75, 3.05) is 33.6 Å². The maximum atomic E-state index is 13.2. The van der Waals surface area contributed by atoms with Crippen LogP contribution in [0.15, 0.2) is 66.2 Å². The van der Waals surface area contributed by atoms with Crippen molar-refractivity contribution in [1.29, 1.82) is 0 Å². The molecule has 0 unspecified atom stereocenters.